The van der Waals surface area contributed by atoms with Crippen molar-refractivity contribution in [2.24, 2.45) is 0 Å². The number of hydrogen-bond donors (Lipinski definition) is 3. The van der Waals surface area contributed by atoms with E-state index in [0.717, 1.165) is 36.2 Å². The molecule has 6 heteroatoms. The number of anilines is 1. The van der Waals surface area contributed by atoms with Crippen LogP contribution in [0.2, 0.25) is 0 Å². The van der Waals surface area contributed by atoms with E-state index in [4.69, 9.17) is 0 Å². The molecule has 1 saturated heterocycles. The maximum Gasteiger partial charge on any atom is 0.148 e. The number of nitrogens with one attached hydrogen (secondary N) is 3. The van der Waals surface area contributed by atoms with E-state index in [2.05, 4.69) is 36.8 Å². The first kappa shape index (κ1) is 13.6. The fourth-order valence-corrected chi connectivity index (χ4v) is 2.77. The highest BCUT2D eigenvalue weighted by molar-refractivity contribution is 9.10. The van der Waals surface area contributed by atoms with Gasteiger partial charge in [0, 0.05) is 22.1 Å². The van der Waals surface area contributed by atoms with Crippen LogP contribution < -0.4 is 10.6 Å². The number of aromatic amines is 1. The van der Waals surface area contributed by atoms with Crippen molar-refractivity contribution < 1.29 is 4.39 Å². The van der Waals surface area contributed by atoms with E-state index in [1.54, 1.807) is 12.1 Å². The van der Waals surface area contributed by atoms with Crippen LogP contribution in [0.5, 0.6) is 0 Å². The van der Waals surface area contributed by atoms with Gasteiger partial charge in [-0.15, -0.1) is 0 Å². The smallest absolute Gasteiger partial charge is 0.148 e. The summed E-state index contributed by atoms with van der Waals surface area (Å²) in [5.74, 6) is 0.511. The molecule has 0 spiro atoms. The van der Waals surface area contributed by atoms with E-state index in [9.17, 15) is 4.39 Å². The molecule has 1 fully saturated rings. The van der Waals surface area contributed by atoms with Gasteiger partial charge in [0.15, 0.2) is 0 Å². The van der Waals surface area contributed by atoms with Gasteiger partial charge in [-0.2, -0.15) is 5.10 Å². The van der Waals surface area contributed by atoms with Crippen LogP contribution in [0.3, 0.4) is 0 Å². The minimum absolute atomic E-state index is 0.259. The van der Waals surface area contributed by atoms with Crippen LogP contribution in [0, 0.1) is 5.82 Å². The molecule has 3 rings (SSSR count). The van der Waals surface area contributed by atoms with Crippen molar-refractivity contribution in [3.63, 3.8) is 0 Å². The van der Waals surface area contributed by atoms with Crippen LogP contribution >= 0.6 is 15.9 Å². The minimum atomic E-state index is -0.259. The Morgan fingerprint density at radius 3 is 2.85 bits per heavy atom. The summed E-state index contributed by atoms with van der Waals surface area (Å²) in [5.41, 5.74) is 1.20. The Balaban J connectivity index is 1.77. The highest BCUT2D eigenvalue weighted by Crippen LogP contribution is 2.26. The van der Waals surface area contributed by atoms with Crippen LogP contribution in [-0.2, 0) is 0 Å². The zero-order valence-corrected chi connectivity index (χ0v) is 12.5. The molecule has 3 N–H and O–H groups in total. The monoisotopic (exact) mass is 338 g/mol. The summed E-state index contributed by atoms with van der Waals surface area (Å²) >= 11 is 3.36. The summed E-state index contributed by atoms with van der Waals surface area (Å²) in [6.07, 6.45) is 2.15. The van der Waals surface area contributed by atoms with E-state index in [-0.39, 0.29) is 5.82 Å². The van der Waals surface area contributed by atoms with Crippen LogP contribution in [0.1, 0.15) is 12.8 Å². The van der Waals surface area contributed by atoms with Crippen molar-refractivity contribution in [1.82, 2.24) is 15.5 Å². The van der Waals surface area contributed by atoms with E-state index in [0.29, 0.717) is 17.3 Å². The summed E-state index contributed by atoms with van der Waals surface area (Å²) in [5, 5.41) is 13.8. The Morgan fingerprint density at radius 2 is 2.05 bits per heavy atom. The number of piperidine rings is 1. The molecule has 0 amide bonds. The Bertz CT molecular complexity index is 593. The molecule has 1 aromatic heterocycles. The van der Waals surface area contributed by atoms with Gasteiger partial charge in [-0.05, 0) is 44.1 Å². The molecule has 1 aromatic carbocycles. The maximum atomic E-state index is 13.8. The average molecular weight is 339 g/mol. The fourth-order valence-electron chi connectivity index (χ4n) is 2.41. The van der Waals surface area contributed by atoms with E-state index < -0.39 is 0 Å². The highest BCUT2D eigenvalue weighted by atomic mass is 79.9. The molecule has 20 heavy (non-hydrogen) atoms. The Labute approximate surface area is 125 Å². The molecule has 2 aromatic rings. The second-order valence-electron chi connectivity index (χ2n) is 4.96. The quantitative estimate of drug-likeness (QED) is 0.805. The molecular weight excluding hydrogens is 323 g/mol. The molecule has 0 saturated carbocycles. The molecular formula is C14H16BrFN4. The second-order valence-corrected chi connectivity index (χ2v) is 5.88. The van der Waals surface area contributed by atoms with Crippen molar-refractivity contribution in [3.05, 3.63) is 34.6 Å². The molecule has 2 heterocycles. The third kappa shape index (κ3) is 3.02. The third-order valence-corrected chi connectivity index (χ3v) is 3.98. The van der Waals surface area contributed by atoms with Crippen molar-refractivity contribution in [2.45, 2.75) is 18.9 Å². The lowest BCUT2D eigenvalue weighted by Crippen LogP contribution is -2.35. The van der Waals surface area contributed by atoms with Crippen molar-refractivity contribution in [1.29, 1.82) is 0 Å². The SMILES string of the molecule is Fc1ccc(Br)cc1-c1cc(NC2CCNCC2)n[nH]1. The molecule has 4 nitrogen and oxygen atoms in total. The second kappa shape index (κ2) is 5.93. The molecule has 106 valence electrons. The minimum Gasteiger partial charge on any atom is -0.366 e. The topological polar surface area (TPSA) is 52.7 Å². The van der Waals surface area contributed by atoms with Gasteiger partial charge in [0.2, 0.25) is 0 Å². The first-order valence-corrected chi connectivity index (χ1v) is 7.50. The maximum absolute atomic E-state index is 13.8. The van der Waals surface area contributed by atoms with Crippen LogP contribution in [0.4, 0.5) is 10.2 Å². The van der Waals surface area contributed by atoms with Crippen LogP contribution in [-0.4, -0.2) is 29.3 Å². The summed E-state index contributed by atoms with van der Waals surface area (Å²) < 4.78 is 14.7. The number of H-pyrrole nitrogens is 1. The van der Waals surface area contributed by atoms with Gasteiger partial charge < -0.3 is 10.6 Å². The van der Waals surface area contributed by atoms with Gasteiger partial charge in [-0.25, -0.2) is 4.39 Å². The average Bonchev–Trinajstić information content (AvgIpc) is 2.91. The molecule has 0 radical (unpaired) electrons. The lowest BCUT2D eigenvalue weighted by atomic mass is 10.1. The number of hydrogen-bond acceptors (Lipinski definition) is 3. The lowest BCUT2D eigenvalue weighted by Gasteiger charge is -2.23. The zero-order valence-electron chi connectivity index (χ0n) is 10.9. The van der Waals surface area contributed by atoms with Gasteiger partial charge in [-0.3, -0.25) is 5.10 Å². The summed E-state index contributed by atoms with van der Waals surface area (Å²) in [6, 6.07) is 7.16. The Hall–Kier alpha value is -1.40. The predicted octanol–water partition coefficient (Wildman–Crippen LogP) is 3.14. The number of aromatic nitrogens is 2. The molecule has 0 unspecified atom stereocenters. The fraction of sp³-hybridized carbons (Fsp3) is 0.357. The molecule has 0 atom stereocenters. The number of benzene rings is 1. The van der Waals surface area contributed by atoms with Gasteiger partial charge >= 0.3 is 0 Å². The zero-order chi connectivity index (χ0) is 13.9. The van der Waals surface area contributed by atoms with Gasteiger partial charge in [-0.1, -0.05) is 15.9 Å². The van der Waals surface area contributed by atoms with Gasteiger partial charge in [0.25, 0.3) is 0 Å². The van der Waals surface area contributed by atoms with Crippen molar-refractivity contribution >= 4 is 21.7 Å². The lowest BCUT2D eigenvalue weighted by molar-refractivity contribution is 0.478. The Morgan fingerprint density at radius 1 is 1.25 bits per heavy atom. The molecule has 1 aliphatic heterocycles. The largest absolute Gasteiger partial charge is 0.366 e. The Kier molecular flexibility index (Phi) is 4.03. The highest BCUT2D eigenvalue weighted by Gasteiger charge is 2.15. The number of halogens is 2. The first-order chi connectivity index (χ1) is 9.72. The van der Waals surface area contributed by atoms with Crippen LogP contribution in [0.25, 0.3) is 11.3 Å². The van der Waals surface area contributed by atoms with E-state index >= 15 is 0 Å². The first-order valence-electron chi connectivity index (χ1n) is 6.70. The summed E-state index contributed by atoms with van der Waals surface area (Å²) in [6.45, 7) is 2.05. The van der Waals surface area contributed by atoms with E-state index in [1.165, 1.54) is 6.07 Å². The number of nitrogens with zero attached hydrogens (tertiary/aromatic N) is 1. The number of rotatable bonds is 3. The van der Waals surface area contributed by atoms with Gasteiger partial charge in [0.05, 0.1) is 5.69 Å². The predicted molar refractivity (Wildman–Crippen MR) is 81.2 cm³/mol. The molecule has 0 aliphatic carbocycles. The van der Waals surface area contributed by atoms with Crippen molar-refractivity contribution in [2.75, 3.05) is 18.4 Å². The van der Waals surface area contributed by atoms with Gasteiger partial charge in [0.1, 0.15) is 11.6 Å². The molecule has 0 bridgehead atoms. The molecule has 1 aliphatic rings. The van der Waals surface area contributed by atoms with Crippen LogP contribution in [0.15, 0.2) is 28.7 Å². The standard InChI is InChI=1S/C14H16BrFN4/c15-9-1-2-12(16)11(7-9)13-8-14(20-19-13)18-10-3-5-17-6-4-10/h1-2,7-8,10,17H,3-6H2,(H2,18,19,20). The van der Waals surface area contributed by atoms with E-state index in [1.807, 2.05) is 6.07 Å². The normalized spacial score (nSPS) is 16.3. The summed E-state index contributed by atoms with van der Waals surface area (Å²) in [4.78, 5) is 0. The van der Waals surface area contributed by atoms with Crippen molar-refractivity contribution in [3.8, 4) is 11.3 Å². The third-order valence-electron chi connectivity index (χ3n) is 3.49. The summed E-state index contributed by atoms with van der Waals surface area (Å²) in [7, 11) is 0.